The van der Waals surface area contributed by atoms with Gasteiger partial charge in [-0.05, 0) is 31.0 Å². The summed E-state index contributed by atoms with van der Waals surface area (Å²) >= 11 is 0. The molecule has 3 rings (SSSR count). The largest absolute Gasteiger partial charge is 0.367 e. The molecule has 0 spiro atoms. The molecule has 0 amide bonds. The quantitative estimate of drug-likeness (QED) is 0.818. The highest BCUT2D eigenvalue weighted by Crippen LogP contribution is 2.27. The smallest absolute Gasteiger partial charge is 0.165 e. The van der Waals surface area contributed by atoms with Crippen molar-refractivity contribution in [2.24, 2.45) is 0 Å². The van der Waals surface area contributed by atoms with Gasteiger partial charge in [-0.2, -0.15) is 0 Å². The summed E-state index contributed by atoms with van der Waals surface area (Å²) in [6, 6.07) is 16.6. The van der Waals surface area contributed by atoms with Crippen molar-refractivity contribution >= 4 is 11.5 Å². The van der Waals surface area contributed by atoms with Gasteiger partial charge in [0, 0.05) is 30.8 Å². The number of aryl methyl sites for hydroxylation is 1. The summed E-state index contributed by atoms with van der Waals surface area (Å²) < 4.78 is 0. The molecule has 2 aromatic carbocycles. The van der Waals surface area contributed by atoms with E-state index in [1.165, 1.54) is 11.1 Å². The van der Waals surface area contributed by atoms with E-state index in [1.807, 2.05) is 18.2 Å². The second-order valence-corrected chi connectivity index (χ2v) is 5.45. The monoisotopic (exact) mass is 265 g/mol. The van der Waals surface area contributed by atoms with Crippen LogP contribution >= 0.6 is 0 Å². The summed E-state index contributed by atoms with van der Waals surface area (Å²) in [4.78, 5) is 14.5. The number of fused-ring (bicyclic) bond motifs is 1. The van der Waals surface area contributed by atoms with Crippen LogP contribution in [0.25, 0.3) is 0 Å². The second-order valence-electron chi connectivity index (χ2n) is 5.45. The molecule has 0 atom stereocenters. The van der Waals surface area contributed by atoms with Crippen molar-refractivity contribution in [1.29, 1.82) is 0 Å². The Balaban J connectivity index is 1.93. The first-order valence-corrected chi connectivity index (χ1v) is 7.17. The van der Waals surface area contributed by atoms with E-state index in [-0.39, 0.29) is 5.78 Å². The van der Waals surface area contributed by atoms with Crippen molar-refractivity contribution < 1.29 is 4.79 Å². The third-order valence-electron chi connectivity index (χ3n) is 3.83. The average Bonchev–Trinajstić information content (AvgIpc) is 2.60. The van der Waals surface area contributed by atoms with Crippen molar-refractivity contribution in [3.63, 3.8) is 0 Å². The lowest BCUT2D eigenvalue weighted by Gasteiger charge is -2.24. The summed E-state index contributed by atoms with van der Waals surface area (Å²) in [5.74, 6) is 0.271. The van der Waals surface area contributed by atoms with Crippen LogP contribution in [0.2, 0.25) is 0 Å². The van der Waals surface area contributed by atoms with Gasteiger partial charge in [0.2, 0.25) is 0 Å². The fourth-order valence-corrected chi connectivity index (χ4v) is 2.87. The number of anilines is 1. The standard InChI is InChI=1S/C18H19NO/c1-14-6-4-7-15(12-14)13-19-11-5-10-18(20)16-8-2-3-9-17(16)19/h2-4,6-9,12H,5,10-11,13H2,1H3. The number of hydrogen-bond donors (Lipinski definition) is 0. The van der Waals surface area contributed by atoms with E-state index in [2.05, 4.69) is 42.2 Å². The van der Waals surface area contributed by atoms with Crippen LogP contribution in [-0.4, -0.2) is 12.3 Å². The van der Waals surface area contributed by atoms with Crippen molar-refractivity contribution in [2.75, 3.05) is 11.4 Å². The van der Waals surface area contributed by atoms with Crippen LogP contribution in [0.3, 0.4) is 0 Å². The zero-order valence-corrected chi connectivity index (χ0v) is 11.8. The molecule has 0 aliphatic carbocycles. The van der Waals surface area contributed by atoms with E-state index in [0.717, 1.165) is 30.8 Å². The Morgan fingerprint density at radius 1 is 1.10 bits per heavy atom. The summed E-state index contributed by atoms with van der Waals surface area (Å²) in [7, 11) is 0. The number of benzene rings is 2. The van der Waals surface area contributed by atoms with Crippen LogP contribution in [0.4, 0.5) is 5.69 Å². The van der Waals surface area contributed by atoms with Gasteiger partial charge in [0.1, 0.15) is 0 Å². The number of carbonyl (C=O) groups excluding carboxylic acids is 1. The summed E-state index contributed by atoms with van der Waals surface area (Å²) in [5.41, 5.74) is 4.53. The predicted molar refractivity (Wildman–Crippen MR) is 82.2 cm³/mol. The lowest BCUT2D eigenvalue weighted by Crippen LogP contribution is -2.23. The third kappa shape index (κ3) is 2.60. The molecule has 0 radical (unpaired) electrons. The van der Waals surface area contributed by atoms with Gasteiger partial charge in [0.05, 0.1) is 0 Å². The van der Waals surface area contributed by atoms with Gasteiger partial charge in [-0.15, -0.1) is 0 Å². The summed E-state index contributed by atoms with van der Waals surface area (Å²) in [6.45, 7) is 3.92. The van der Waals surface area contributed by atoms with E-state index in [9.17, 15) is 4.79 Å². The number of hydrogen-bond acceptors (Lipinski definition) is 2. The first kappa shape index (κ1) is 12.9. The zero-order valence-electron chi connectivity index (χ0n) is 11.8. The van der Waals surface area contributed by atoms with Gasteiger partial charge in [-0.1, -0.05) is 42.0 Å². The maximum absolute atomic E-state index is 12.1. The molecule has 1 aliphatic rings. The van der Waals surface area contributed by atoms with Crippen molar-refractivity contribution in [2.45, 2.75) is 26.3 Å². The van der Waals surface area contributed by atoms with Gasteiger partial charge < -0.3 is 4.90 Å². The predicted octanol–water partition coefficient (Wildman–Crippen LogP) is 3.98. The van der Waals surface area contributed by atoms with Gasteiger partial charge >= 0.3 is 0 Å². The summed E-state index contributed by atoms with van der Waals surface area (Å²) in [5, 5.41) is 0. The molecule has 2 aromatic rings. The molecular weight excluding hydrogens is 246 g/mol. The third-order valence-corrected chi connectivity index (χ3v) is 3.83. The van der Waals surface area contributed by atoms with Crippen LogP contribution in [0.15, 0.2) is 48.5 Å². The molecule has 2 nitrogen and oxygen atoms in total. The maximum Gasteiger partial charge on any atom is 0.165 e. The Kier molecular flexibility index (Phi) is 3.55. The lowest BCUT2D eigenvalue weighted by molar-refractivity contribution is 0.0984. The van der Waals surface area contributed by atoms with Gasteiger partial charge in [-0.25, -0.2) is 0 Å². The average molecular weight is 265 g/mol. The number of ketones is 1. The Morgan fingerprint density at radius 2 is 1.95 bits per heavy atom. The van der Waals surface area contributed by atoms with Gasteiger partial charge in [0.15, 0.2) is 5.78 Å². The fraction of sp³-hybridized carbons (Fsp3) is 0.278. The second kappa shape index (κ2) is 5.49. The molecule has 1 aliphatic heterocycles. The molecule has 0 bridgehead atoms. The van der Waals surface area contributed by atoms with Crippen LogP contribution < -0.4 is 4.90 Å². The minimum atomic E-state index is 0.271. The highest BCUT2D eigenvalue weighted by molar-refractivity contribution is 6.01. The normalized spacial score (nSPS) is 14.8. The highest BCUT2D eigenvalue weighted by atomic mass is 16.1. The van der Waals surface area contributed by atoms with E-state index >= 15 is 0 Å². The molecule has 0 unspecified atom stereocenters. The van der Waals surface area contributed by atoms with Crippen LogP contribution in [0, 0.1) is 6.92 Å². The van der Waals surface area contributed by atoms with E-state index in [4.69, 9.17) is 0 Å². The Morgan fingerprint density at radius 3 is 2.80 bits per heavy atom. The lowest BCUT2D eigenvalue weighted by atomic mass is 10.1. The molecule has 2 heteroatoms. The van der Waals surface area contributed by atoms with Gasteiger partial charge in [0.25, 0.3) is 0 Å². The van der Waals surface area contributed by atoms with Crippen LogP contribution in [0.5, 0.6) is 0 Å². The van der Waals surface area contributed by atoms with Crippen LogP contribution in [0.1, 0.15) is 34.3 Å². The number of para-hydroxylation sites is 1. The molecule has 102 valence electrons. The number of Topliss-reactive ketones (excluding diaryl/α,β-unsaturated/α-hetero) is 1. The molecule has 20 heavy (non-hydrogen) atoms. The molecule has 0 fully saturated rings. The number of rotatable bonds is 2. The highest BCUT2D eigenvalue weighted by Gasteiger charge is 2.20. The van der Waals surface area contributed by atoms with E-state index in [1.54, 1.807) is 0 Å². The molecule has 0 saturated carbocycles. The Hall–Kier alpha value is -2.09. The SMILES string of the molecule is Cc1cccc(CN2CCCC(=O)c3ccccc32)c1. The van der Waals surface area contributed by atoms with Crippen molar-refractivity contribution in [3.05, 3.63) is 65.2 Å². The first-order chi connectivity index (χ1) is 9.74. The fourth-order valence-electron chi connectivity index (χ4n) is 2.87. The van der Waals surface area contributed by atoms with Crippen molar-refractivity contribution in [1.82, 2.24) is 0 Å². The van der Waals surface area contributed by atoms with E-state index < -0.39 is 0 Å². The topological polar surface area (TPSA) is 20.3 Å². The number of carbonyl (C=O) groups is 1. The molecule has 0 saturated heterocycles. The first-order valence-electron chi connectivity index (χ1n) is 7.17. The van der Waals surface area contributed by atoms with Gasteiger partial charge in [-0.3, -0.25) is 4.79 Å². The van der Waals surface area contributed by atoms with Crippen molar-refractivity contribution in [3.8, 4) is 0 Å². The molecular formula is C18H19NO. The molecule has 0 N–H and O–H groups in total. The molecule has 0 aromatic heterocycles. The Bertz CT molecular complexity index is 633. The number of nitrogens with zero attached hydrogens (tertiary/aromatic N) is 1. The summed E-state index contributed by atoms with van der Waals surface area (Å²) in [6.07, 6.45) is 1.58. The molecule has 1 heterocycles. The minimum Gasteiger partial charge on any atom is -0.367 e. The van der Waals surface area contributed by atoms with Crippen LogP contribution in [-0.2, 0) is 6.54 Å². The van der Waals surface area contributed by atoms with E-state index in [0.29, 0.717) is 6.42 Å². The maximum atomic E-state index is 12.1. The Labute approximate surface area is 120 Å². The zero-order chi connectivity index (χ0) is 13.9. The minimum absolute atomic E-state index is 0.271.